The van der Waals surface area contributed by atoms with Gasteiger partial charge < -0.3 is 27.7 Å². The molecule has 0 amide bonds. The Bertz CT molecular complexity index is 1330. The van der Waals surface area contributed by atoms with E-state index in [-0.39, 0.29) is 0 Å². The quantitative estimate of drug-likeness (QED) is 0.273. The molecule has 180 valence electrons. The van der Waals surface area contributed by atoms with E-state index in [0.717, 1.165) is 17.1 Å². The molecule has 10 heteroatoms. The van der Waals surface area contributed by atoms with E-state index < -0.39 is 7.32 Å². The minimum atomic E-state index is -1.03. The Labute approximate surface area is 213 Å². The molecule has 3 aromatic carbocycles. The summed E-state index contributed by atoms with van der Waals surface area (Å²) in [6.45, 7) is 0. The molecule has 0 aliphatic heterocycles. The second-order valence-corrected chi connectivity index (χ2v) is 8.03. The zero-order valence-electron chi connectivity index (χ0n) is 19.6. The molecule has 0 bridgehead atoms. The molecule has 0 aliphatic carbocycles. The monoisotopic (exact) mass is 488 g/mol. The van der Waals surface area contributed by atoms with Gasteiger partial charge in [0.1, 0.15) is 17.2 Å². The van der Waals surface area contributed by atoms with Crippen LogP contribution in [0.2, 0.25) is 0 Å². The van der Waals surface area contributed by atoms with Crippen molar-refractivity contribution in [1.82, 2.24) is 28.7 Å². The lowest BCUT2D eigenvalue weighted by Crippen LogP contribution is -2.37. The summed E-state index contributed by atoms with van der Waals surface area (Å²) in [7, 11) is -1.03. The van der Waals surface area contributed by atoms with Crippen molar-refractivity contribution in [2.75, 3.05) is 0 Å². The highest BCUT2D eigenvalue weighted by atomic mass is 16.7. The fourth-order valence-corrected chi connectivity index (χ4v) is 3.73. The van der Waals surface area contributed by atoms with Gasteiger partial charge in [0.2, 0.25) is 0 Å². The molecule has 0 aliphatic rings. The number of hydrogen-bond donors (Lipinski definition) is 0. The molecular formula is C27H21BN6O3. The summed E-state index contributed by atoms with van der Waals surface area (Å²) in [6, 6.07) is 22.8. The largest absolute Gasteiger partial charge is 0.864 e. The molecule has 37 heavy (non-hydrogen) atoms. The average molecular weight is 488 g/mol. The van der Waals surface area contributed by atoms with Crippen molar-refractivity contribution in [3.05, 3.63) is 129 Å². The maximum Gasteiger partial charge on any atom is 0.864 e. The van der Waals surface area contributed by atoms with Crippen LogP contribution < -0.4 is 14.0 Å². The van der Waals surface area contributed by atoms with Crippen molar-refractivity contribution in [2.45, 2.75) is 0 Å². The Morgan fingerprint density at radius 3 is 0.973 bits per heavy atom. The molecule has 6 aromatic rings. The maximum absolute atomic E-state index is 6.10. The molecule has 3 aromatic heterocycles. The molecule has 0 saturated carbocycles. The number of imidazole rings is 3. The van der Waals surface area contributed by atoms with Crippen molar-refractivity contribution >= 4 is 7.32 Å². The van der Waals surface area contributed by atoms with Crippen LogP contribution in [-0.4, -0.2) is 36.0 Å². The summed E-state index contributed by atoms with van der Waals surface area (Å²) in [5, 5.41) is 0. The van der Waals surface area contributed by atoms with Crippen LogP contribution in [0.3, 0.4) is 0 Å². The Kier molecular flexibility index (Phi) is 6.11. The molecule has 0 radical (unpaired) electrons. The number of aromatic nitrogens is 6. The summed E-state index contributed by atoms with van der Waals surface area (Å²) in [4.78, 5) is 12.3. The predicted octanol–water partition coefficient (Wildman–Crippen LogP) is 4.77. The summed E-state index contributed by atoms with van der Waals surface area (Å²) < 4.78 is 24.0. The van der Waals surface area contributed by atoms with Crippen LogP contribution in [0.15, 0.2) is 129 Å². The molecule has 0 N–H and O–H groups in total. The molecule has 0 atom stereocenters. The van der Waals surface area contributed by atoms with Gasteiger partial charge >= 0.3 is 7.32 Å². The van der Waals surface area contributed by atoms with Crippen LogP contribution in [0.5, 0.6) is 17.2 Å². The first-order valence-electron chi connectivity index (χ1n) is 11.6. The van der Waals surface area contributed by atoms with Crippen molar-refractivity contribution in [3.8, 4) is 34.3 Å². The summed E-state index contributed by atoms with van der Waals surface area (Å²) >= 11 is 0. The van der Waals surface area contributed by atoms with E-state index >= 15 is 0 Å². The van der Waals surface area contributed by atoms with Crippen molar-refractivity contribution in [2.24, 2.45) is 0 Å². The van der Waals surface area contributed by atoms with Crippen molar-refractivity contribution in [1.29, 1.82) is 0 Å². The molecule has 9 nitrogen and oxygen atoms in total. The minimum absolute atomic E-state index is 0.596. The zero-order chi connectivity index (χ0) is 24.9. The van der Waals surface area contributed by atoms with Gasteiger partial charge in [-0.15, -0.1) is 0 Å². The third kappa shape index (κ3) is 5.23. The number of hydrogen-bond acceptors (Lipinski definition) is 6. The molecule has 3 heterocycles. The number of nitrogens with zero attached hydrogens (tertiary/aromatic N) is 6. The number of rotatable bonds is 9. The molecule has 0 unspecified atom stereocenters. The van der Waals surface area contributed by atoms with Crippen LogP contribution in [0.1, 0.15) is 0 Å². The van der Waals surface area contributed by atoms with Gasteiger partial charge in [-0.25, -0.2) is 15.0 Å². The SMILES string of the molecule is c1cn(-c2ccc(OB(Oc3ccc(-n4ccnc4)cc3)Oc3ccc(-n4ccnc4)cc3)cc2)cn1. The van der Waals surface area contributed by atoms with Crippen LogP contribution in [0, 0.1) is 0 Å². The summed E-state index contributed by atoms with van der Waals surface area (Å²) in [6.07, 6.45) is 16.1. The van der Waals surface area contributed by atoms with E-state index in [0.29, 0.717) is 17.2 Å². The van der Waals surface area contributed by atoms with Crippen LogP contribution >= 0.6 is 0 Å². The fraction of sp³-hybridized carbons (Fsp3) is 0. The third-order valence-electron chi connectivity index (χ3n) is 5.61. The summed E-state index contributed by atoms with van der Waals surface area (Å²) in [5.74, 6) is 1.79. The van der Waals surface area contributed by atoms with Gasteiger partial charge in [0.15, 0.2) is 0 Å². The lowest BCUT2D eigenvalue weighted by Gasteiger charge is -2.17. The topological polar surface area (TPSA) is 81.1 Å². The van der Waals surface area contributed by atoms with Crippen molar-refractivity contribution < 1.29 is 14.0 Å². The van der Waals surface area contributed by atoms with E-state index in [1.165, 1.54) is 0 Å². The second kappa shape index (κ2) is 10.2. The van der Waals surface area contributed by atoms with Crippen LogP contribution in [-0.2, 0) is 0 Å². The standard InChI is InChI=1S/C27H21BN6O3/c1-7-25(8-2-22(1)32-16-13-29-19-32)35-28(36-26-9-3-23(4-10-26)33-17-14-30-20-33)37-27-11-5-24(6-12-27)34-18-15-31-21-34/h1-21H. The van der Waals surface area contributed by atoms with Crippen LogP contribution in [0.4, 0.5) is 0 Å². The van der Waals surface area contributed by atoms with Gasteiger partial charge in [-0.2, -0.15) is 0 Å². The molecule has 6 rings (SSSR count). The first-order valence-corrected chi connectivity index (χ1v) is 11.6. The van der Waals surface area contributed by atoms with Crippen molar-refractivity contribution in [3.63, 3.8) is 0 Å². The van der Waals surface area contributed by atoms with Gasteiger partial charge in [0.25, 0.3) is 0 Å². The first kappa shape index (κ1) is 22.2. The van der Waals surface area contributed by atoms with Gasteiger partial charge in [0, 0.05) is 54.2 Å². The highest BCUT2D eigenvalue weighted by Gasteiger charge is 2.30. The van der Waals surface area contributed by atoms with Gasteiger partial charge in [-0.1, -0.05) is 0 Å². The highest BCUT2D eigenvalue weighted by molar-refractivity contribution is 6.39. The van der Waals surface area contributed by atoms with Gasteiger partial charge in [0.05, 0.1) is 19.0 Å². The third-order valence-corrected chi connectivity index (χ3v) is 5.61. The van der Waals surface area contributed by atoms with Crippen LogP contribution in [0.25, 0.3) is 17.1 Å². The van der Waals surface area contributed by atoms with Gasteiger partial charge in [-0.05, 0) is 72.8 Å². The predicted molar refractivity (Wildman–Crippen MR) is 138 cm³/mol. The smallest absolute Gasteiger partial charge is 0.490 e. The second-order valence-electron chi connectivity index (χ2n) is 8.03. The normalized spacial score (nSPS) is 10.7. The average Bonchev–Trinajstić information content (AvgIpc) is 3.74. The Hall–Kier alpha value is -5.25. The lowest BCUT2D eigenvalue weighted by atomic mass is 10.1. The Morgan fingerprint density at radius 1 is 0.432 bits per heavy atom. The lowest BCUT2D eigenvalue weighted by molar-refractivity contribution is 0.307. The zero-order valence-corrected chi connectivity index (χ0v) is 19.6. The maximum atomic E-state index is 6.10. The van der Waals surface area contributed by atoms with Gasteiger partial charge in [-0.3, -0.25) is 0 Å². The van der Waals surface area contributed by atoms with E-state index in [2.05, 4.69) is 15.0 Å². The highest BCUT2D eigenvalue weighted by Crippen LogP contribution is 2.22. The summed E-state index contributed by atoms with van der Waals surface area (Å²) in [5.41, 5.74) is 2.90. The molecule has 0 fully saturated rings. The molecular weight excluding hydrogens is 467 g/mol. The molecule has 0 spiro atoms. The van der Waals surface area contributed by atoms with E-state index in [1.54, 1.807) is 37.6 Å². The number of benzene rings is 3. The Morgan fingerprint density at radius 2 is 0.730 bits per heavy atom. The van der Waals surface area contributed by atoms with E-state index in [1.807, 2.05) is 105 Å². The minimum Gasteiger partial charge on any atom is -0.490 e. The van der Waals surface area contributed by atoms with E-state index in [4.69, 9.17) is 14.0 Å². The molecule has 0 saturated heterocycles. The first-order chi connectivity index (χ1) is 18.3. The Balaban J connectivity index is 1.21. The fourth-order valence-electron chi connectivity index (χ4n) is 3.73. The van der Waals surface area contributed by atoms with E-state index in [9.17, 15) is 0 Å².